The van der Waals surface area contributed by atoms with Crippen molar-refractivity contribution in [2.24, 2.45) is 0 Å². The summed E-state index contributed by atoms with van der Waals surface area (Å²) in [4.78, 5) is 20.9. The second kappa shape index (κ2) is 7.79. The molecule has 0 fully saturated rings. The summed E-state index contributed by atoms with van der Waals surface area (Å²) in [6.07, 6.45) is 4.52. The van der Waals surface area contributed by atoms with E-state index in [1.54, 1.807) is 42.0 Å². The van der Waals surface area contributed by atoms with E-state index in [0.717, 1.165) is 23.2 Å². The summed E-state index contributed by atoms with van der Waals surface area (Å²) in [6, 6.07) is 12.2. The number of aromatic nitrogens is 4. The number of fused-ring (bicyclic) bond motifs is 1. The fraction of sp³-hybridized carbons (Fsp3) is 0.182. The molecule has 0 spiro atoms. The predicted molar refractivity (Wildman–Crippen MR) is 110 cm³/mol. The van der Waals surface area contributed by atoms with Gasteiger partial charge in [-0.3, -0.25) is 4.79 Å². The lowest BCUT2D eigenvalue weighted by molar-refractivity contribution is -0.116. The van der Waals surface area contributed by atoms with Crippen molar-refractivity contribution in [3.8, 4) is 22.5 Å². The maximum absolute atomic E-state index is 13.8. The Morgan fingerprint density at radius 3 is 2.79 bits per heavy atom. The van der Waals surface area contributed by atoms with Crippen LogP contribution < -0.4 is 5.32 Å². The molecular weight excluding hydrogens is 369 g/mol. The fourth-order valence-corrected chi connectivity index (χ4v) is 3.22. The number of carbonyl (C=O) groups excluding carboxylic acids is 1. The molecule has 29 heavy (non-hydrogen) atoms. The summed E-state index contributed by atoms with van der Waals surface area (Å²) in [5.41, 5.74) is 4.24. The Kier molecular flexibility index (Phi) is 5.03. The Hall–Kier alpha value is -3.61. The third-order valence-electron chi connectivity index (χ3n) is 4.60. The van der Waals surface area contributed by atoms with Gasteiger partial charge >= 0.3 is 0 Å². The van der Waals surface area contributed by atoms with E-state index in [1.165, 1.54) is 6.07 Å². The minimum atomic E-state index is -0.262. The molecule has 4 aromatic rings. The van der Waals surface area contributed by atoms with Gasteiger partial charge in [-0.25, -0.2) is 18.9 Å². The van der Waals surface area contributed by atoms with Crippen LogP contribution in [0, 0.1) is 12.7 Å². The predicted octanol–water partition coefficient (Wildman–Crippen LogP) is 4.64. The van der Waals surface area contributed by atoms with Gasteiger partial charge in [0.25, 0.3) is 0 Å². The minimum absolute atomic E-state index is 0.0807. The minimum Gasteiger partial charge on any atom is -0.311 e. The number of anilines is 1. The molecule has 0 unspecified atom stereocenters. The first-order valence-electron chi connectivity index (χ1n) is 9.43. The number of hydrogen-bond donors (Lipinski definition) is 1. The van der Waals surface area contributed by atoms with Gasteiger partial charge in [-0.15, -0.1) is 0 Å². The quantitative estimate of drug-likeness (QED) is 0.539. The number of imidazole rings is 1. The van der Waals surface area contributed by atoms with Gasteiger partial charge in [-0.2, -0.15) is 5.10 Å². The Balaban J connectivity index is 1.87. The van der Waals surface area contributed by atoms with E-state index in [2.05, 4.69) is 15.4 Å². The fourth-order valence-electron chi connectivity index (χ4n) is 3.22. The highest BCUT2D eigenvalue weighted by Gasteiger charge is 2.18. The zero-order valence-corrected chi connectivity index (χ0v) is 16.2. The number of aryl methyl sites for hydroxylation is 1. The molecule has 146 valence electrons. The monoisotopic (exact) mass is 389 g/mol. The molecular formula is C22H20FN5O. The standard InChI is InChI=1S/C22H20FN5O/c1-3-5-20(29)26-18-13-16(9-11-24-18)22-21(15-7-8-17(23)14(2)12-15)27-19-6-4-10-25-28(19)22/h4,6-13H,3,5H2,1-2H3,(H,24,26,29). The third kappa shape index (κ3) is 3.71. The van der Waals surface area contributed by atoms with E-state index in [9.17, 15) is 9.18 Å². The van der Waals surface area contributed by atoms with Crippen molar-refractivity contribution >= 4 is 17.4 Å². The number of nitrogens with one attached hydrogen (secondary N) is 1. The van der Waals surface area contributed by atoms with Crippen LogP contribution in [0.3, 0.4) is 0 Å². The topological polar surface area (TPSA) is 72.2 Å². The molecule has 1 aromatic carbocycles. The SMILES string of the molecule is CCCC(=O)Nc1cc(-c2c(-c3ccc(F)c(C)c3)nc3cccnn23)ccn1. The summed E-state index contributed by atoms with van der Waals surface area (Å²) in [5, 5.41) is 7.26. The highest BCUT2D eigenvalue weighted by Crippen LogP contribution is 2.33. The Labute approximate surface area is 167 Å². The highest BCUT2D eigenvalue weighted by atomic mass is 19.1. The summed E-state index contributed by atoms with van der Waals surface area (Å²) < 4.78 is 15.5. The Morgan fingerprint density at radius 1 is 1.14 bits per heavy atom. The van der Waals surface area contributed by atoms with Crippen molar-refractivity contribution in [2.75, 3.05) is 5.32 Å². The lowest BCUT2D eigenvalue weighted by Crippen LogP contribution is -2.11. The van der Waals surface area contributed by atoms with Gasteiger partial charge in [0.1, 0.15) is 17.3 Å². The van der Waals surface area contributed by atoms with Crippen LogP contribution in [-0.4, -0.2) is 25.5 Å². The molecule has 0 atom stereocenters. The molecule has 0 aliphatic rings. The number of halogens is 1. The van der Waals surface area contributed by atoms with Crippen LogP contribution in [0.1, 0.15) is 25.3 Å². The van der Waals surface area contributed by atoms with Crippen molar-refractivity contribution in [3.63, 3.8) is 0 Å². The van der Waals surface area contributed by atoms with Crippen LogP contribution in [0.2, 0.25) is 0 Å². The number of rotatable bonds is 5. The lowest BCUT2D eigenvalue weighted by Gasteiger charge is -2.08. The average molecular weight is 389 g/mol. The van der Waals surface area contributed by atoms with Gasteiger partial charge < -0.3 is 5.32 Å². The zero-order valence-electron chi connectivity index (χ0n) is 16.2. The average Bonchev–Trinajstić information content (AvgIpc) is 3.10. The first-order valence-corrected chi connectivity index (χ1v) is 9.43. The molecule has 4 rings (SSSR count). The number of nitrogens with zero attached hydrogens (tertiary/aromatic N) is 4. The molecule has 0 bridgehead atoms. The second-order valence-corrected chi connectivity index (χ2v) is 6.79. The smallest absolute Gasteiger partial charge is 0.225 e. The molecule has 0 aliphatic carbocycles. The van der Waals surface area contributed by atoms with E-state index in [4.69, 9.17) is 4.98 Å². The van der Waals surface area contributed by atoms with E-state index in [0.29, 0.717) is 29.1 Å². The number of benzene rings is 1. The van der Waals surface area contributed by atoms with Gasteiger partial charge in [0.15, 0.2) is 5.65 Å². The number of amides is 1. The van der Waals surface area contributed by atoms with Crippen molar-refractivity contribution < 1.29 is 9.18 Å². The van der Waals surface area contributed by atoms with Gasteiger partial charge in [0.05, 0.1) is 5.69 Å². The summed E-state index contributed by atoms with van der Waals surface area (Å²) >= 11 is 0. The van der Waals surface area contributed by atoms with Crippen LogP contribution in [0.5, 0.6) is 0 Å². The summed E-state index contributed by atoms with van der Waals surface area (Å²) in [6.45, 7) is 3.67. The molecule has 0 saturated heterocycles. The molecule has 1 amide bonds. The van der Waals surface area contributed by atoms with Crippen molar-refractivity contribution in [1.29, 1.82) is 0 Å². The molecule has 3 heterocycles. The number of pyridine rings is 1. The highest BCUT2D eigenvalue weighted by molar-refractivity contribution is 5.91. The van der Waals surface area contributed by atoms with E-state index in [-0.39, 0.29) is 11.7 Å². The van der Waals surface area contributed by atoms with Gasteiger partial charge in [-0.05, 0) is 61.4 Å². The summed E-state index contributed by atoms with van der Waals surface area (Å²) in [5.74, 6) is 0.123. The molecule has 3 aromatic heterocycles. The largest absolute Gasteiger partial charge is 0.311 e. The second-order valence-electron chi connectivity index (χ2n) is 6.79. The molecule has 0 radical (unpaired) electrons. The van der Waals surface area contributed by atoms with E-state index in [1.807, 2.05) is 25.1 Å². The van der Waals surface area contributed by atoms with Crippen LogP contribution in [0.25, 0.3) is 28.2 Å². The first kappa shape index (κ1) is 18.7. The van der Waals surface area contributed by atoms with Crippen molar-refractivity contribution in [1.82, 2.24) is 19.6 Å². The zero-order chi connectivity index (χ0) is 20.4. The maximum Gasteiger partial charge on any atom is 0.225 e. The number of hydrogen-bond acceptors (Lipinski definition) is 4. The van der Waals surface area contributed by atoms with Gasteiger partial charge in [-0.1, -0.05) is 6.92 Å². The van der Waals surface area contributed by atoms with Gasteiger partial charge in [0, 0.05) is 29.9 Å². The number of carbonyl (C=O) groups is 1. The van der Waals surface area contributed by atoms with Gasteiger partial charge in [0.2, 0.25) is 5.91 Å². The maximum atomic E-state index is 13.8. The van der Waals surface area contributed by atoms with E-state index >= 15 is 0 Å². The summed E-state index contributed by atoms with van der Waals surface area (Å²) in [7, 11) is 0. The van der Waals surface area contributed by atoms with Crippen LogP contribution in [0.15, 0.2) is 54.9 Å². The normalized spacial score (nSPS) is 11.0. The van der Waals surface area contributed by atoms with E-state index < -0.39 is 0 Å². The third-order valence-corrected chi connectivity index (χ3v) is 4.60. The molecule has 7 heteroatoms. The Bertz CT molecular complexity index is 1200. The van der Waals surface area contributed by atoms with Crippen molar-refractivity contribution in [3.05, 3.63) is 66.2 Å². The Morgan fingerprint density at radius 2 is 2.00 bits per heavy atom. The van der Waals surface area contributed by atoms with Crippen LogP contribution in [0.4, 0.5) is 10.2 Å². The molecule has 1 N–H and O–H groups in total. The van der Waals surface area contributed by atoms with Crippen molar-refractivity contribution in [2.45, 2.75) is 26.7 Å². The van der Waals surface area contributed by atoms with Crippen LogP contribution >= 0.6 is 0 Å². The molecule has 0 saturated carbocycles. The molecule has 0 aliphatic heterocycles. The lowest BCUT2D eigenvalue weighted by atomic mass is 10.0. The first-order chi connectivity index (χ1) is 14.1. The van der Waals surface area contributed by atoms with Crippen LogP contribution in [-0.2, 0) is 4.79 Å². The molecule has 6 nitrogen and oxygen atoms in total.